The van der Waals surface area contributed by atoms with Crippen molar-refractivity contribution in [2.75, 3.05) is 25.4 Å². The lowest BCUT2D eigenvalue weighted by molar-refractivity contribution is -0.149. The van der Waals surface area contributed by atoms with E-state index in [1.165, 1.54) is 6.26 Å². The van der Waals surface area contributed by atoms with Crippen LogP contribution >= 0.6 is 0 Å². The number of ether oxygens (including phenoxy) is 1. The van der Waals surface area contributed by atoms with Crippen molar-refractivity contribution in [3.05, 3.63) is 48.5 Å². The van der Waals surface area contributed by atoms with Gasteiger partial charge < -0.3 is 19.8 Å². The summed E-state index contributed by atoms with van der Waals surface area (Å²) < 4.78 is 12.2. The van der Waals surface area contributed by atoms with Crippen molar-refractivity contribution in [3.8, 4) is 17.1 Å². The maximum absolute atomic E-state index is 12.8. The standard InChI is InChI=1S/C21H23N5O4/c1-2-29-21(28)14-8-10-25(11-9-14)20(27)17-13-30-19(24-17)16-12-23-26(18(16)22)15-6-4-3-5-7-15/h3-7,12-14H,2,8-11,22H2,1H3. The largest absolute Gasteiger partial charge is 0.466 e. The van der Waals surface area contributed by atoms with E-state index in [1.807, 2.05) is 30.3 Å². The van der Waals surface area contributed by atoms with E-state index in [2.05, 4.69) is 10.1 Å². The number of benzene rings is 1. The number of rotatable bonds is 5. The molecule has 9 nitrogen and oxygen atoms in total. The van der Waals surface area contributed by atoms with Crippen LogP contribution in [0.15, 0.2) is 47.2 Å². The highest BCUT2D eigenvalue weighted by atomic mass is 16.5. The van der Waals surface area contributed by atoms with Crippen molar-refractivity contribution in [3.63, 3.8) is 0 Å². The number of hydrogen-bond acceptors (Lipinski definition) is 7. The number of aromatic nitrogens is 3. The van der Waals surface area contributed by atoms with Crippen LogP contribution < -0.4 is 5.73 Å². The number of carbonyl (C=O) groups is 2. The number of esters is 1. The molecule has 0 aliphatic carbocycles. The Bertz CT molecular complexity index is 1030. The predicted octanol–water partition coefficient (Wildman–Crippen LogP) is 2.52. The van der Waals surface area contributed by atoms with Crippen LogP contribution in [0.5, 0.6) is 0 Å². The topological polar surface area (TPSA) is 116 Å². The lowest BCUT2D eigenvalue weighted by Gasteiger charge is -2.30. The third-order valence-electron chi connectivity index (χ3n) is 5.16. The van der Waals surface area contributed by atoms with Gasteiger partial charge in [0, 0.05) is 13.1 Å². The molecule has 156 valence electrons. The van der Waals surface area contributed by atoms with Gasteiger partial charge in [-0.1, -0.05) is 18.2 Å². The molecule has 0 saturated carbocycles. The van der Waals surface area contributed by atoms with Crippen LogP contribution in [0.1, 0.15) is 30.3 Å². The third-order valence-corrected chi connectivity index (χ3v) is 5.16. The maximum atomic E-state index is 12.8. The molecule has 1 amide bonds. The molecule has 2 N–H and O–H groups in total. The SMILES string of the molecule is CCOC(=O)C1CCN(C(=O)c2coc(-c3cnn(-c4ccccc4)c3N)n2)CC1. The maximum Gasteiger partial charge on any atom is 0.309 e. The van der Waals surface area contributed by atoms with Crippen LogP contribution in [0.25, 0.3) is 17.1 Å². The van der Waals surface area contributed by atoms with Crippen LogP contribution in [0.2, 0.25) is 0 Å². The average molecular weight is 409 g/mol. The quantitative estimate of drug-likeness (QED) is 0.644. The smallest absolute Gasteiger partial charge is 0.309 e. The van der Waals surface area contributed by atoms with Crippen LogP contribution in [0, 0.1) is 5.92 Å². The summed E-state index contributed by atoms with van der Waals surface area (Å²) >= 11 is 0. The molecule has 1 saturated heterocycles. The van der Waals surface area contributed by atoms with Gasteiger partial charge >= 0.3 is 5.97 Å². The normalized spacial score (nSPS) is 14.6. The van der Waals surface area contributed by atoms with Crippen LogP contribution in [-0.4, -0.2) is 51.2 Å². The van der Waals surface area contributed by atoms with Crippen LogP contribution in [-0.2, 0) is 9.53 Å². The number of nitrogens with two attached hydrogens (primary N) is 1. The Morgan fingerprint density at radius 1 is 1.23 bits per heavy atom. The zero-order chi connectivity index (χ0) is 21.1. The Morgan fingerprint density at radius 3 is 2.67 bits per heavy atom. The molecule has 2 aromatic heterocycles. The second-order valence-electron chi connectivity index (χ2n) is 7.05. The van der Waals surface area contributed by atoms with Gasteiger partial charge in [-0.3, -0.25) is 9.59 Å². The summed E-state index contributed by atoms with van der Waals surface area (Å²) in [5.41, 5.74) is 7.75. The molecule has 1 fully saturated rings. The highest BCUT2D eigenvalue weighted by Gasteiger charge is 2.30. The minimum atomic E-state index is -0.235. The predicted molar refractivity (Wildman–Crippen MR) is 109 cm³/mol. The van der Waals surface area contributed by atoms with Gasteiger partial charge in [0.15, 0.2) is 5.69 Å². The Morgan fingerprint density at radius 2 is 1.97 bits per heavy atom. The van der Waals surface area contributed by atoms with Crippen molar-refractivity contribution in [2.24, 2.45) is 5.92 Å². The molecule has 0 atom stereocenters. The number of nitrogens with zero attached hydrogens (tertiary/aromatic N) is 4. The molecule has 1 aliphatic heterocycles. The summed E-state index contributed by atoms with van der Waals surface area (Å²) in [5, 5.41) is 4.30. The zero-order valence-corrected chi connectivity index (χ0v) is 16.7. The van der Waals surface area contributed by atoms with Gasteiger partial charge in [-0.2, -0.15) is 5.10 Å². The number of para-hydroxylation sites is 1. The van der Waals surface area contributed by atoms with Crippen molar-refractivity contribution >= 4 is 17.7 Å². The fourth-order valence-electron chi connectivity index (χ4n) is 3.53. The Hall–Kier alpha value is -3.62. The van der Waals surface area contributed by atoms with Crippen molar-refractivity contribution in [2.45, 2.75) is 19.8 Å². The fourth-order valence-corrected chi connectivity index (χ4v) is 3.53. The molecular formula is C21H23N5O4. The molecule has 4 rings (SSSR count). The summed E-state index contributed by atoms with van der Waals surface area (Å²) in [6.45, 7) is 3.09. The number of carbonyl (C=O) groups excluding carboxylic acids is 2. The van der Waals surface area contributed by atoms with Gasteiger partial charge in [0.2, 0.25) is 5.89 Å². The first-order chi connectivity index (χ1) is 14.6. The molecule has 30 heavy (non-hydrogen) atoms. The van der Waals surface area contributed by atoms with Crippen LogP contribution in [0.3, 0.4) is 0 Å². The zero-order valence-electron chi connectivity index (χ0n) is 16.7. The van der Waals surface area contributed by atoms with Crippen LogP contribution in [0.4, 0.5) is 5.82 Å². The van der Waals surface area contributed by atoms with Gasteiger partial charge in [0.1, 0.15) is 12.1 Å². The van der Waals surface area contributed by atoms with Gasteiger partial charge in [-0.15, -0.1) is 0 Å². The first kappa shape index (κ1) is 19.7. The van der Waals surface area contributed by atoms with Crippen molar-refractivity contribution in [1.29, 1.82) is 0 Å². The third kappa shape index (κ3) is 3.78. The first-order valence-corrected chi connectivity index (χ1v) is 9.89. The van der Waals surface area contributed by atoms with E-state index in [0.29, 0.717) is 43.9 Å². The minimum absolute atomic E-state index is 0.162. The number of hydrogen-bond donors (Lipinski definition) is 1. The molecule has 9 heteroatoms. The Kier molecular flexibility index (Phi) is 5.51. The van der Waals surface area contributed by atoms with E-state index in [-0.39, 0.29) is 29.4 Å². The Balaban J connectivity index is 1.46. The van der Waals surface area contributed by atoms with E-state index < -0.39 is 0 Å². The highest BCUT2D eigenvalue weighted by molar-refractivity contribution is 5.92. The van der Waals surface area contributed by atoms with E-state index in [1.54, 1.807) is 22.7 Å². The molecule has 0 radical (unpaired) electrons. The highest BCUT2D eigenvalue weighted by Crippen LogP contribution is 2.28. The fraction of sp³-hybridized carbons (Fsp3) is 0.333. The Labute approximate surface area is 173 Å². The molecule has 0 bridgehead atoms. The molecule has 1 aliphatic rings. The number of nitrogen functional groups attached to an aromatic ring is 1. The number of amides is 1. The average Bonchev–Trinajstić information content (AvgIpc) is 3.41. The summed E-state index contributed by atoms with van der Waals surface area (Å²) in [4.78, 5) is 30.7. The van der Waals surface area contributed by atoms with E-state index in [4.69, 9.17) is 14.9 Å². The first-order valence-electron chi connectivity index (χ1n) is 9.89. The van der Waals surface area contributed by atoms with E-state index in [9.17, 15) is 9.59 Å². The van der Waals surface area contributed by atoms with Gasteiger partial charge in [-0.05, 0) is 31.9 Å². The number of piperidine rings is 1. The van der Waals surface area contributed by atoms with Crippen molar-refractivity contribution in [1.82, 2.24) is 19.7 Å². The molecule has 3 heterocycles. The molecule has 0 spiro atoms. The monoisotopic (exact) mass is 409 g/mol. The lowest BCUT2D eigenvalue weighted by Crippen LogP contribution is -2.40. The summed E-state index contributed by atoms with van der Waals surface area (Å²) in [7, 11) is 0. The van der Waals surface area contributed by atoms with Gasteiger partial charge in [0.25, 0.3) is 5.91 Å². The van der Waals surface area contributed by atoms with E-state index >= 15 is 0 Å². The lowest BCUT2D eigenvalue weighted by atomic mass is 9.97. The minimum Gasteiger partial charge on any atom is -0.466 e. The number of oxazole rings is 1. The number of anilines is 1. The summed E-state index contributed by atoms with van der Waals surface area (Å²) in [6.07, 6.45) is 4.04. The van der Waals surface area contributed by atoms with Crippen molar-refractivity contribution < 1.29 is 18.7 Å². The van der Waals surface area contributed by atoms with Gasteiger partial charge in [-0.25, -0.2) is 9.67 Å². The summed E-state index contributed by atoms with van der Waals surface area (Å²) in [6, 6.07) is 9.47. The second-order valence-corrected chi connectivity index (χ2v) is 7.05. The molecule has 1 aromatic carbocycles. The van der Waals surface area contributed by atoms with E-state index in [0.717, 1.165) is 5.69 Å². The molecular weight excluding hydrogens is 386 g/mol. The summed E-state index contributed by atoms with van der Waals surface area (Å²) in [5.74, 6) is 0.0165. The molecule has 3 aromatic rings. The molecule has 0 unspecified atom stereocenters. The second kappa shape index (κ2) is 8.40. The van der Waals surface area contributed by atoms with Gasteiger partial charge in [0.05, 0.1) is 30.0 Å². The number of likely N-dealkylation sites (tertiary alicyclic amines) is 1.